The zero-order valence-electron chi connectivity index (χ0n) is 11.4. The fraction of sp³-hybridized carbons (Fsp3) is 0.500. The largest absolute Gasteiger partial charge is 0.497 e. The highest BCUT2D eigenvalue weighted by Gasteiger charge is 2.27. The number of methoxy groups -OCH3 is 2. The number of nitrogens with one attached hydrogen (secondary N) is 1. The van der Waals surface area contributed by atoms with Crippen LogP contribution in [0.15, 0.2) is 24.3 Å². The van der Waals surface area contributed by atoms with E-state index in [1.54, 1.807) is 38.5 Å². The van der Waals surface area contributed by atoms with Crippen LogP contribution in [0.3, 0.4) is 0 Å². The molecule has 0 heterocycles. The zero-order chi connectivity index (χ0) is 13.6. The van der Waals surface area contributed by atoms with Gasteiger partial charge in [0.05, 0.1) is 19.3 Å². The Morgan fingerprint density at radius 3 is 2.33 bits per heavy atom. The Morgan fingerprint density at radius 2 is 1.83 bits per heavy atom. The lowest BCUT2D eigenvalue weighted by atomic mass is 9.93. The smallest absolute Gasteiger partial charge is 0.182 e. The predicted octanol–water partition coefficient (Wildman–Crippen LogP) is 1.89. The van der Waals surface area contributed by atoms with Crippen molar-refractivity contribution in [2.75, 3.05) is 27.4 Å². The van der Waals surface area contributed by atoms with Crippen molar-refractivity contribution in [2.45, 2.75) is 19.4 Å². The molecular weight excluding hydrogens is 230 g/mol. The second-order valence-corrected chi connectivity index (χ2v) is 4.60. The van der Waals surface area contributed by atoms with Gasteiger partial charge in [-0.25, -0.2) is 0 Å². The minimum absolute atomic E-state index is 0.0567. The Hall–Kier alpha value is -1.39. The predicted molar refractivity (Wildman–Crippen MR) is 71.3 cm³/mol. The lowest BCUT2D eigenvalue weighted by molar-refractivity contribution is 0.0871. The molecule has 1 aromatic carbocycles. The number of ketones is 1. The molecule has 1 rings (SSSR count). The van der Waals surface area contributed by atoms with Gasteiger partial charge in [0.1, 0.15) is 5.75 Å². The van der Waals surface area contributed by atoms with E-state index in [1.165, 1.54) is 0 Å². The first-order valence-corrected chi connectivity index (χ1v) is 5.94. The van der Waals surface area contributed by atoms with Crippen molar-refractivity contribution in [3.8, 4) is 5.75 Å². The van der Waals surface area contributed by atoms with E-state index in [2.05, 4.69) is 5.32 Å². The van der Waals surface area contributed by atoms with Crippen molar-refractivity contribution < 1.29 is 14.3 Å². The molecule has 0 saturated heterocycles. The molecule has 0 bridgehead atoms. The Morgan fingerprint density at radius 1 is 1.22 bits per heavy atom. The van der Waals surface area contributed by atoms with Crippen LogP contribution in [0.2, 0.25) is 0 Å². The summed E-state index contributed by atoms with van der Waals surface area (Å²) in [5.41, 5.74) is 0.0679. The van der Waals surface area contributed by atoms with Gasteiger partial charge in [0.25, 0.3) is 0 Å². The molecule has 0 aromatic heterocycles. The molecule has 0 radical (unpaired) electrons. The van der Waals surface area contributed by atoms with E-state index >= 15 is 0 Å². The van der Waals surface area contributed by atoms with Crippen molar-refractivity contribution >= 4 is 5.78 Å². The summed E-state index contributed by atoms with van der Waals surface area (Å²) in [5.74, 6) is 0.804. The lowest BCUT2D eigenvalue weighted by Crippen LogP contribution is -2.47. The highest BCUT2D eigenvalue weighted by Crippen LogP contribution is 2.16. The van der Waals surface area contributed by atoms with E-state index in [1.807, 2.05) is 13.8 Å². The van der Waals surface area contributed by atoms with Crippen molar-refractivity contribution in [3.05, 3.63) is 29.8 Å². The summed E-state index contributed by atoms with van der Waals surface area (Å²) in [5, 5.41) is 3.18. The molecule has 0 unspecified atom stereocenters. The van der Waals surface area contributed by atoms with Gasteiger partial charge in [-0.15, -0.1) is 0 Å². The highest BCUT2D eigenvalue weighted by molar-refractivity contribution is 6.02. The van der Waals surface area contributed by atoms with Gasteiger partial charge in [0, 0.05) is 19.2 Å². The molecule has 4 nitrogen and oxygen atoms in total. The molecule has 0 amide bonds. The molecule has 1 N–H and O–H groups in total. The molecule has 0 aliphatic carbocycles. The summed E-state index contributed by atoms with van der Waals surface area (Å²) in [6.07, 6.45) is 0. The monoisotopic (exact) mass is 251 g/mol. The Balaban J connectivity index is 2.71. The maximum absolute atomic E-state index is 12.3. The lowest BCUT2D eigenvalue weighted by Gasteiger charge is -2.24. The van der Waals surface area contributed by atoms with Gasteiger partial charge >= 0.3 is 0 Å². The number of rotatable bonds is 7. The molecule has 0 fully saturated rings. The SMILES string of the molecule is COCCNC(C)(C)C(=O)c1ccc(OC)cc1. The summed E-state index contributed by atoms with van der Waals surface area (Å²) in [6.45, 7) is 4.97. The zero-order valence-corrected chi connectivity index (χ0v) is 11.4. The number of ether oxygens (including phenoxy) is 2. The van der Waals surface area contributed by atoms with Crippen LogP contribution in [-0.4, -0.2) is 38.7 Å². The number of carbonyl (C=O) groups is 1. The summed E-state index contributed by atoms with van der Waals surface area (Å²) in [4.78, 5) is 12.3. The number of benzene rings is 1. The second-order valence-electron chi connectivity index (χ2n) is 4.60. The number of Topliss-reactive ketones (excluding diaryl/α,β-unsaturated/α-hetero) is 1. The Bertz CT molecular complexity index is 385. The molecule has 1 aromatic rings. The molecule has 100 valence electrons. The van der Waals surface area contributed by atoms with E-state index < -0.39 is 5.54 Å². The molecule has 4 heteroatoms. The van der Waals surface area contributed by atoms with Gasteiger partial charge in [0.15, 0.2) is 5.78 Å². The first-order valence-electron chi connectivity index (χ1n) is 5.94. The highest BCUT2D eigenvalue weighted by atomic mass is 16.5. The fourth-order valence-corrected chi connectivity index (χ4v) is 1.65. The van der Waals surface area contributed by atoms with Crippen molar-refractivity contribution in [1.29, 1.82) is 0 Å². The van der Waals surface area contributed by atoms with Gasteiger partial charge in [-0.2, -0.15) is 0 Å². The normalized spacial score (nSPS) is 11.3. The van der Waals surface area contributed by atoms with E-state index in [4.69, 9.17) is 9.47 Å². The average molecular weight is 251 g/mol. The first kappa shape index (κ1) is 14.7. The van der Waals surface area contributed by atoms with Crippen LogP contribution in [0.5, 0.6) is 5.75 Å². The van der Waals surface area contributed by atoms with Crippen LogP contribution in [0.4, 0.5) is 0 Å². The van der Waals surface area contributed by atoms with Gasteiger partial charge in [0.2, 0.25) is 0 Å². The molecular formula is C14H21NO3. The number of carbonyl (C=O) groups excluding carboxylic acids is 1. The standard InChI is InChI=1S/C14H21NO3/c1-14(2,15-9-10-17-3)13(16)11-5-7-12(18-4)8-6-11/h5-8,15H,9-10H2,1-4H3. The maximum atomic E-state index is 12.3. The topological polar surface area (TPSA) is 47.6 Å². The fourth-order valence-electron chi connectivity index (χ4n) is 1.65. The van der Waals surface area contributed by atoms with Crippen LogP contribution in [0.1, 0.15) is 24.2 Å². The maximum Gasteiger partial charge on any atom is 0.182 e. The minimum Gasteiger partial charge on any atom is -0.497 e. The van der Waals surface area contributed by atoms with E-state index in [9.17, 15) is 4.79 Å². The van der Waals surface area contributed by atoms with Gasteiger partial charge in [-0.05, 0) is 38.1 Å². The van der Waals surface area contributed by atoms with Crippen molar-refractivity contribution in [1.82, 2.24) is 5.32 Å². The van der Waals surface area contributed by atoms with Gasteiger partial charge in [-0.1, -0.05) is 0 Å². The average Bonchev–Trinajstić information content (AvgIpc) is 2.38. The Labute approximate surface area is 108 Å². The third kappa shape index (κ3) is 3.82. The second kappa shape index (κ2) is 6.52. The van der Waals surface area contributed by atoms with Gasteiger partial charge < -0.3 is 14.8 Å². The number of hydrogen-bond donors (Lipinski definition) is 1. The third-order valence-electron chi connectivity index (χ3n) is 2.79. The quantitative estimate of drug-likeness (QED) is 0.594. The van der Waals surface area contributed by atoms with Crippen LogP contribution < -0.4 is 10.1 Å². The van der Waals surface area contributed by atoms with Gasteiger partial charge in [-0.3, -0.25) is 4.79 Å². The summed E-state index contributed by atoms with van der Waals surface area (Å²) in [6, 6.07) is 7.14. The summed E-state index contributed by atoms with van der Waals surface area (Å²) >= 11 is 0. The van der Waals surface area contributed by atoms with Crippen LogP contribution in [0.25, 0.3) is 0 Å². The van der Waals surface area contributed by atoms with Crippen LogP contribution in [0, 0.1) is 0 Å². The molecule has 0 saturated carbocycles. The van der Waals surface area contributed by atoms with E-state index in [0.29, 0.717) is 18.7 Å². The van der Waals surface area contributed by atoms with Crippen molar-refractivity contribution in [2.24, 2.45) is 0 Å². The van der Waals surface area contributed by atoms with Crippen LogP contribution >= 0.6 is 0 Å². The number of hydrogen-bond acceptors (Lipinski definition) is 4. The Kier molecular flexibility index (Phi) is 5.31. The summed E-state index contributed by atoms with van der Waals surface area (Å²) < 4.78 is 10.0. The molecule has 0 aliphatic rings. The molecule has 0 aliphatic heterocycles. The van der Waals surface area contributed by atoms with Crippen molar-refractivity contribution in [3.63, 3.8) is 0 Å². The minimum atomic E-state index is -0.604. The van der Waals surface area contributed by atoms with E-state index in [0.717, 1.165) is 5.75 Å². The molecule has 0 spiro atoms. The molecule has 0 atom stereocenters. The third-order valence-corrected chi connectivity index (χ3v) is 2.79. The molecule has 18 heavy (non-hydrogen) atoms. The van der Waals surface area contributed by atoms with Crippen LogP contribution in [-0.2, 0) is 4.74 Å². The first-order chi connectivity index (χ1) is 8.51. The van der Waals surface area contributed by atoms with E-state index in [-0.39, 0.29) is 5.78 Å². The summed E-state index contributed by atoms with van der Waals surface area (Å²) in [7, 11) is 3.24.